The van der Waals surface area contributed by atoms with Crippen molar-refractivity contribution in [3.8, 4) is 11.4 Å². The molecule has 0 aliphatic carbocycles. The van der Waals surface area contributed by atoms with Crippen LogP contribution in [0.3, 0.4) is 0 Å². The standard InChI is InChI=1S/C11H11ClFN3OS/c1-17-5-4-16-10(14-15-11(16)18)8-6-7(12)2-3-9(8)13/h2-3,6H,4-5H2,1H3,(H,15,18). The number of nitrogens with one attached hydrogen (secondary N) is 1. The first-order valence-corrected chi connectivity index (χ1v) is 6.01. The lowest BCUT2D eigenvalue weighted by atomic mass is 10.2. The third-order valence-electron chi connectivity index (χ3n) is 2.45. The molecule has 0 fully saturated rings. The summed E-state index contributed by atoms with van der Waals surface area (Å²) in [5.41, 5.74) is 0.311. The van der Waals surface area contributed by atoms with Crippen LogP contribution < -0.4 is 0 Å². The van der Waals surface area contributed by atoms with Crippen LogP contribution in [-0.4, -0.2) is 28.5 Å². The lowest BCUT2D eigenvalue weighted by molar-refractivity contribution is 0.187. The van der Waals surface area contributed by atoms with Gasteiger partial charge in [0.2, 0.25) is 0 Å². The van der Waals surface area contributed by atoms with Gasteiger partial charge in [-0.15, -0.1) is 0 Å². The summed E-state index contributed by atoms with van der Waals surface area (Å²) in [7, 11) is 1.59. The van der Waals surface area contributed by atoms with Gasteiger partial charge >= 0.3 is 0 Å². The summed E-state index contributed by atoms with van der Waals surface area (Å²) in [6.45, 7) is 0.955. The fraction of sp³-hybridized carbons (Fsp3) is 0.273. The zero-order valence-electron chi connectivity index (χ0n) is 9.61. The molecule has 0 saturated heterocycles. The summed E-state index contributed by atoms with van der Waals surface area (Å²) in [6, 6.07) is 4.31. The van der Waals surface area contributed by atoms with E-state index in [0.29, 0.717) is 34.3 Å². The molecule has 18 heavy (non-hydrogen) atoms. The van der Waals surface area contributed by atoms with Gasteiger partial charge in [0.15, 0.2) is 10.6 Å². The van der Waals surface area contributed by atoms with E-state index in [9.17, 15) is 4.39 Å². The first-order chi connectivity index (χ1) is 8.63. The van der Waals surface area contributed by atoms with Crippen LogP contribution in [0, 0.1) is 10.6 Å². The SMILES string of the molecule is COCCn1c(-c2cc(Cl)ccc2F)n[nH]c1=S. The molecular weight excluding hydrogens is 277 g/mol. The monoisotopic (exact) mass is 287 g/mol. The molecule has 0 spiro atoms. The second-order valence-electron chi connectivity index (χ2n) is 3.62. The van der Waals surface area contributed by atoms with Crippen LogP contribution in [0.15, 0.2) is 18.2 Å². The van der Waals surface area contributed by atoms with Gasteiger partial charge in [-0.25, -0.2) is 4.39 Å². The number of ether oxygens (including phenoxy) is 1. The largest absolute Gasteiger partial charge is 0.383 e. The molecule has 1 heterocycles. The minimum atomic E-state index is -0.396. The Labute approximate surface area is 113 Å². The zero-order valence-corrected chi connectivity index (χ0v) is 11.2. The Morgan fingerprint density at radius 3 is 3.06 bits per heavy atom. The molecule has 0 atom stereocenters. The Hall–Kier alpha value is -1.24. The number of aromatic amines is 1. The molecule has 0 aliphatic rings. The number of hydrogen-bond acceptors (Lipinski definition) is 3. The van der Waals surface area contributed by atoms with Crippen LogP contribution in [-0.2, 0) is 11.3 Å². The molecule has 2 aromatic rings. The highest BCUT2D eigenvalue weighted by atomic mass is 35.5. The molecular formula is C11H11ClFN3OS. The van der Waals surface area contributed by atoms with Gasteiger partial charge in [0, 0.05) is 12.1 Å². The number of methoxy groups -OCH3 is 1. The van der Waals surface area contributed by atoms with E-state index < -0.39 is 5.82 Å². The fourth-order valence-corrected chi connectivity index (χ4v) is 1.98. The first kappa shape index (κ1) is 13.2. The van der Waals surface area contributed by atoms with E-state index in [1.807, 2.05) is 0 Å². The average molecular weight is 288 g/mol. The van der Waals surface area contributed by atoms with Gasteiger partial charge in [-0.2, -0.15) is 5.10 Å². The predicted octanol–water partition coefficient (Wildman–Crippen LogP) is 3.05. The highest BCUT2D eigenvalue weighted by molar-refractivity contribution is 7.71. The molecule has 4 nitrogen and oxygen atoms in total. The average Bonchev–Trinajstić information content (AvgIpc) is 2.71. The molecule has 1 N–H and O–H groups in total. The van der Waals surface area contributed by atoms with E-state index in [2.05, 4.69) is 10.2 Å². The molecule has 1 aromatic carbocycles. The molecule has 2 rings (SSSR count). The molecule has 0 radical (unpaired) electrons. The van der Waals surface area contributed by atoms with E-state index in [1.54, 1.807) is 11.7 Å². The quantitative estimate of drug-likeness (QED) is 0.879. The van der Waals surface area contributed by atoms with Crippen molar-refractivity contribution in [2.24, 2.45) is 0 Å². The van der Waals surface area contributed by atoms with E-state index in [0.717, 1.165) is 0 Å². The van der Waals surface area contributed by atoms with Gasteiger partial charge in [0.25, 0.3) is 0 Å². The van der Waals surface area contributed by atoms with Crippen molar-refractivity contribution in [2.75, 3.05) is 13.7 Å². The summed E-state index contributed by atoms with van der Waals surface area (Å²) >= 11 is 11.0. The van der Waals surface area contributed by atoms with Crippen LogP contribution in [0.2, 0.25) is 5.02 Å². The fourth-order valence-electron chi connectivity index (χ4n) is 1.58. The summed E-state index contributed by atoms with van der Waals surface area (Å²) < 4.78 is 20.9. The van der Waals surface area contributed by atoms with Crippen molar-refractivity contribution >= 4 is 23.8 Å². The van der Waals surface area contributed by atoms with Gasteiger partial charge in [-0.1, -0.05) is 11.6 Å². The normalized spacial score (nSPS) is 10.8. The number of nitrogens with zero attached hydrogens (tertiary/aromatic N) is 2. The van der Waals surface area contributed by atoms with Gasteiger partial charge in [0.1, 0.15) is 5.82 Å². The third-order valence-corrected chi connectivity index (χ3v) is 2.99. The Morgan fingerprint density at radius 2 is 2.33 bits per heavy atom. The highest BCUT2D eigenvalue weighted by Crippen LogP contribution is 2.24. The maximum absolute atomic E-state index is 13.8. The molecule has 0 aliphatic heterocycles. The highest BCUT2D eigenvalue weighted by Gasteiger charge is 2.13. The van der Waals surface area contributed by atoms with Crippen molar-refractivity contribution in [2.45, 2.75) is 6.54 Å². The summed E-state index contributed by atoms with van der Waals surface area (Å²) in [5, 5.41) is 7.12. The summed E-state index contributed by atoms with van der Waals surface area (Å²) in [4.78, 5) is 0. The minimum Gasteiger partial charge on any atom is -0.383 e. The van der Waals surface area contributed by atoms with Gasteiger partial charge in [-0.3, -0.25) is 9.67 Å². The molecule has 0 bridgehead atoms. The first-order valence-electron chi connectivity index (χ1n) is 5.23. The molecule has 1 aromatic heterocycles. The topological polar surface area (TPSA) is 42.8 Å². The molecule has 0 amide bonds. The minimum absolute atomic E-state index is 0.311. The van der Waals surface area contributed by atoms with E-state index in [-0.39, 0.29) is 0 Å². The van der Waals surface area contributed by atoms with Gasteiger partial charge < -0.3 is 4.74 Å². The summed E-state index contributed by atoms with van der Waals surface area (Å²) in [6.07, 6.45) is 0. The maximum Gasteiger partial charge on any atom is 0.195 e. The van der Waals surface area contributed by atoms with E-state index in [4.69, 9.17) is 28.6 Å². The number of aromatic nitrogens is 3. The Balaban J connectivity index is 2.50. The number of H-pyrrole nitrogens is 1. The van der Waals surface area contributed by atoms with Gasteiger partial charge in [-0.05, 0) is 30.4 Å². The Morgan fingerprint density at radius 1 is 1.56 bits per heavy atom. The van der Waals surface area contributed by atoms with Crippen molar-refractivity contribution in [3.63, 3.8) is 0 Å². The number of benzene rings is 1. The summed E-state index contributed by atoms with van der Waals surface area (Å²) in [5.74, 6) is 0.0177. The second kappa shape index (κ2) is 5.60. The number of halogens is 2. The van der Waals surface area contributed by atoms with Crippen molar-refractivity contribution in [1.29, 1.82) is 0 Å². The van der Waals surface area contributed by atoms with Crippen molar-refractivity contribution in [3.05, 3.63) is 33.8 Å². The Bertz CT molecular complexity index is 611. The van der Waals surface area contributed by atoms with E-state index >= 15 is 0 Å². The lowest BCUT2D eigenvalue weighted by Gasteiger charge is -2.07. The van der Waals surface area contributed by atoms with Crippen LogP contribution >= 0.6 is 23.8 Å². The second-order valence-corrected chi connectivity index (χ2v) is 4.44. The predicted molar refractivity (Wildman–Crippen MR) is 69.7 cm³/mol. The molecule has 96 valence electrons. The van der Waals surface area contributed by atoms with Gasteiger partial charge in [0.05, 0.1) is 18.7 Å². The molecule has 0 unspecified atom stereocenters. The van der Waals surface area contributed by atoms with Crippen LogP contribution in [0.25, 0.3) is 11.4 Å². The van der Waals surface area contributed by atoms with Crippen LogP contribution in [0.1, 0.15) is 0 Å². The van der Waals surface area contributed by atoms with E-state index in [1.165, 1.54) is 18.2 Å². The van der Waals surface area contributed by atoms with Crippen LogP contribution in [0.4, 0.5) is 4.39 Å². The van der Waals surface area contributed by atoms with Crippen molar-refractivity contribution in [1.82, 2.24) is 14.8 Å². The zero-order chi connectivity index (χ0) is 13.1. The smallest absolute Gasteiger partial charge is 0.195 e. The molecule has 7 heteroatoms. The third kappa shape index (κ3) is 2.60. The lowest BCUT2D eigenvalue weighted by Crippen LogP contribution is -2.06. The van der Waals surface area contributed by atoms with Crippen molar-refractivity contribution < 1.29 is 9.13 Å². The maximum atomic E-state index is 13.8. The molecule has 0 saturated carbocycles. The van der Waals surface area contributed by atoms with Crippen LogP contribution in [0.5, 0.6) is 0 Å². The number of hydrogen-bond donors (Lipinski definition) is 1. The number of rotatable bonds is 4. The Kier molecular flexibility index (Phi) is 4.11.